The van der Waals surface area contributed by atoms with Crippen LogP contribution < -0.4 is 54.0 Å². The number of nitrogens with one attached hydrogen (secondary N) is 8. The van der Waals surface area contributed by atoms with E-state index >= 15 is 0 Å². The highest BCUT2D eigenvalue weighted by Crippen LogP contribution is 2.14. The van der Waals surface area contributed by atoms with E-state index in [0.29, 0.717) is 12.0 Å². The zero-order chi connectivity index (χ0) is 51.1. The van der Waals surface area contributed by atoms with Gasteiger partial charge in [0.1, 0.15) is 48.0 Å². The van der Waals surface area contributed by atoms with Crippen molar-refractivity contribution < 1.29 is 78.0 Å². The van der Waals surface area contributed by atoms with Crippen LogP contribution in [0.5, 0.6) is 5.75 Å². The quantitative estimate of drug-likeness (QED) is 0.0664. The van der Waals surface area contributed by atoms with Crippen LogP contribution in [-0.4, -0.2) is 147 Å². The van der Waals surface area contributed by atoms with E-state index in [-0.39, 0.29) is 43.9 Å². The number of primary amides is 1. The summed E-state index contributed by atoms with van der Waals surface area (Å²) in [5.41, 5.74) is 11.6. The average molecular weight is 963 g/mol. The van der Waals surface area contributed by atoms with Gasteiger partial charge in [-0.1, -0.05) is 26.0 Å². The summed E-state index contributed by atoms with van der Waals surface area (Å²) in [6.07, 6.45) is -4.51. The van der Waals surface area contributed by atoms with Gasteiger partial charge < -0.3 is 74.4 Å². The number of phenols is 1. The fourth-order valence-electron chi connectivity index (χ4n) is 6.72. The van der Waals surface area contributed by atoms with Crippen LogP contribution >= 0.6 is 0 Å². The lowest BCUT2D eigenvalue weighted by Crippen LogP contribution is -2.59. The molecule has 26 heteroatoms. The highest BCUT2D eigenvalue weighted by Gasteiger charge is 2.35. The Morgan fingerprint density at radius 1 is 0.603 bits per heavy atom. The van der Waals surface area contributed by atoms with Gasteiger partial charge in [0.2, 0.25) is 53.2 Å². The zero-order valence-corrected chi connectivity index (χ0v) is 37.7. The first-order valence-electron chi connectivity index (χ1n) is 21.8. The topological polar surface area (TPSA) is 434 Å². The Kier molecular flexibility index (Phi) is 23.9. The lowest BCUT2D eigenvalue weighted by molar-refractivity contribution is -0.141. The van der Waals surface area contributed by atoms with Crippen LogP contribution in [0.15, 0.2) is 24.3 Å². The third-order valence-corrected chi connectivity index (χ3v) is 10.3. The molecule has 16 N–H and O–H groups in total. The number of aromatic hydroxyl groups is 1. The van der Waals surface area contributed by atoms with Gasteiger partial charge in [0.15, 0.2) is 0 Å². The van der Waals surface area contributed by atoms with Gasteiger partial charge in [0, 0.05) is 25.7 Å². The molecular formula is C42H62N10O16. The Balaban J connectivity index is 2.71. The smallest absolute Gasteiger partial charge is 0.305 e. The molecule has 0 saturated carbocycles. The molecule has 1 aromatic carbocycles. The number of amides is 9. The first-order valence-corrected chi connectivity index (χ1v) is 21.8. The van der Waals surface area contributed by atoms with E-state index in [2.05, 4.69) is 42.5 Å². The summed E-state index contributed by atoms with van der Waals surface area (Å²) in [5, 5.41) is 57.0. The van der Waals surface area contributed by atoms with E-state index < -0.39 is 165 Å². The summed E-state index contributed by atoms with van der Waals surface area (Å²) in [4.78, 5) is 156. The van der Waals surface area contributed by atoms with E-state index in [9.17, 15) is 78.0 Å². The maximum Gasteiger partial charge on any atom is 0.305 e. The van der Waals surface area contributed by atoms with Crippen molar-refractivity contribution >= 4 is 71.1 Å². The number of unbranched alkanes of at least 4 members (excludes halogenated alkanes) is 1. The number of carboxylic acids is 3. The Bertz CT molecular complexity index is 2000. The van der Waals surface area contributed by atoms with Crippen LogP contribution in [-0.2, 0) is 64.0 Å². The fraction of sp³-hybridized carbons (Fsp3) is 0.571. The normalized spacial score (nSPS) is 23.3. The standard InChI is InChI=1S/C42H62N10O16/c1-21(2)17-28-40(66)51-27(12-15-34(58)59)39(65)48-24(36(44)62)10-13-31(54)46-29(18-22-6-8-23(53)9-7-22)41(67)49-25(5-3-4-16-43)38(64)52-30(19-35(60)61)42(68)50-26(11-14-33(56)57)37(63)45-20-32(55)47-28/h6-9,21,24-30,53H,3-5,10-20,43H2,1-2H3,(H2,44,62)(H,45,63)(H,46,54)(H,47,55)(H,48,65)(H,49,67)(H,50,68)(H,51,66)(H,52,64)(H,56,57)(H,58,59)(H,60,61)/t24-,25-,26-,27-,28-,29-,30-/m0/s1. The van der Waals surface area contributed by atoms with Crippen molar-refractivity contribution in [3.05, 3.63) is 29.8 Å². The van der Waals surface area contributed by atoms with Gasteiger partial charge in [-0.3, -0.25) is 57.5 Å². The number of hydrogen-bond donors (Lipinski definition) is 14. The van der Waals surface area contributed by atoms with Gasteiger partial charge in [-0.15, -0.1) is 0 Å². The first kappa shape index (κ1) is 56.7. The van der Waals surface area contributed by atoms with E-state index in [4.69, 9.17) is 11.5 Å². The van der Waals surface area contributed by atoms with Crippen molar-refractivity contribution in [3.63, 3.8) is 0 Å². The molecule has 1 heterocycles. The summed E-state index contributed by atoms with van der Waals surface area (Å²) < 4.78 is 0. The Hall–Kier alpha value is -7.38. The minimum absolute atomic E-state index is 0.0641. The third kappa shape index (κ3) is 21.3. The minimum atomic E-state index is -1.93. The molecule has 0 unspecified atom stereocenters. The molecule has 1 aromatic rings. The number of phenolic OH excluding ortho intramolecular Hbond substituents is 1. The molecule has 0 aliphatic carbocycles. The first-order chi connectivity index (χ1) is 32.0. The molecule has 376 valence electrons. The molecule has 1 aliphatic heterocycles. The zero-order valence-electron chi connectivity index (χ0n) is 37.7. The van der Waals surface area contributed by atoms with Gasteiger partial charge in [-0.2, -0.15) is 0 Å². The summed E-state index contributed by atoms with van der Waals surface area (Å²) in [6.45, 7) is 2.65. The molecule has 0 aromatic heterocycles. The van der Waals surface area contributed by atoms with E-state index in [1.165, 1.54) is 24.3 Å². The van der Waals surface area contributed by atoms with Crippen LogP contribution in [0.4, 0.5) is 0 Å². The maximum absolute atomic E-state index is 14.0. The summed E-state index contributed by atoms with van der Waals surface area (Å²) in [7, 11) is 0. The van der Waals surface area contributed by atoms with Gasteiger partial charge in [0.05, 0.1) is 13.0 Å². The maximum atomic E-state index is 14.0. The van der Waals surface area contributed by atoms with Crippen LogP contribution in [0.25, 0.3) is 0 Å². The van der Waals surface area contributed by atoms with Crippen LogP contribution in [0, 0.1) is 5.92 Å². The number of rotatable bonds is 17. The van der Waals surface area contributed by atoms with Crippen LogP contribution in [0.2, 0.25) is 0 Å². The molecule has 26 nitrogen and oxygen atoms in total. The van der Waals surface area contributed by atoms with Gasteiger partial charge in [-0.05, 0) is 75.1 Å². The van der Waals surface area contributed by atoms with Gasteiger partial charge in [-0.25, -0.2) is 0 Å². The lowest BCUT2D eigenvalue weighted by Gasteiger charge is -2.27. The van der Waals surface area contributed by atoms with Crippen molar-refractivity contribution in [1.29, 1.82) is 0 Å². The predicted molar refractivity (Wildman–Crippen MR) is 235 cm³/mol. The van der Waals surface area contributed by atoms with Gasteiger partial charge in [0.25, 0.3) is 0 Å². The molecule has 0 spiro atoms. The molecule has 1 aliphatic rings. The number of aliphatic carboxylic acids is 3. The van der Waals surface area contributed by atoms with E-state index in [0.717, 1.165) is 0 Å². The number of benzene rings is 1. The molecule has 0 bridgehead atoms. The second-order valence-corrected chi connectivity index (χ2v) is 16.5. The molecule has 7 atom stereocenters. The number of hydrogen-bond acceptors (Lipinski definition) is 14. The number of nitrogens with two attached hydrogens (primary N) is 2. The molecule has 1 fully saturated rings. The second kappa shape index (κ2) is 28.6. The summed E-state index contributed by atoms with van der Waals surface area (Å²) >= 11 is 0. The highest BCUT2D eigenvalue weighted by atomic mass is 16.4. The molecular weight excluding hydrogens is 901 g/mol. The monoisotopic (exact) mass is 962 g/mol. The van der Waals surface area contributed by atoms with Crippen molar-refractivity contribution in [2.45, 2.75) is 133 Å². The summed E-state index contributed by atoms with van der Waals surface area (Å²) in [6, 6.07) is -5.85. The van der Waals surface area contributed by atoms with Crippen LogP contribution in [0.1, 0.15) is 90.0 Å². The SMILES string of the molecule is CC(C)C[C@@H]1NC(=O)CNC(=O)[C@H](CCC(=O)O)NC(=O)[C@H](CC(=O)O)NC(=O)[C@H](CCCCN)NC(=O)[C@H](Cc2ccc(O)cc2)NC(=O)CC[C@@H](C(N)=O)NC(=O)[C@H](CCC(=O)O)NC1=O. The largest absolute Gasteiger partial charge is 0.508 e. The average Bonchev–Trinajstić information content (AvgIpc) is 3.25. The Labute approximate surface area is 390 Å². The van der Waals surface area contributed by atoms with E-state index in [1.54, 1.807) is 13.8 Å². The summed E-state index contributed by atoms with van der Waals surface area (Å²) in [5.74, 6) is -14.3. The fourth-order valence-corrected chi connectivity index (χ4v) is 6.72. The van der Waals surface area contributed by atoms with Crippen molar-refractivity contribution in [1.82, 2.24) is 42.5 Å². The molecule has 0 radical (unpaired) electrons. The van der Waals surface area contributed by atoms with E-state index in [1.807, 2.05) is 0 Å². The Morgan fingerprint density at radius 2 is 1.09 bits per heavy atom. The number of carboxylic acid groups (broad SMARTS) is 3. The lowest BCUT2D eigenvalue weighted by atomic mass is 10.0. The van der Waals surface area contributed by atoms with Crippen molar-refractivity contribution in [3.8, 4) is 5.75 Å². The highest BCUT2D eigenvalue weighted by molar-refractivity contribution is 5.98. The number of carbonyl (C=O) groups excluding carboxylic acids is 9. The Morgan fingerprint density at radius 3 is 1.62 bits per heavy atom. The van der Waals surface area contributed by atoms with Crippen LogP contribution in [0.3, 0.4) is 0 Å². The molecule has 1 saturated heterocycles. The van der Waals surface area contributed by atoms with Gasteiger partial charge >= 0.3 is 17.9 Å². The second-order valence-electron chi connectivity index (χ2n) is 16.5. The molecule has 9 amide bonds. The molecule has 68 heavy (non-hydrogen) atoms. The third-order valence-electron chi connectivity index (χ3n) is 10.3. The number of carbonyl (C=O) groups is 12. The van der Waals surface area contributed by atoms with Crippen molar-refractivity contribution in [2.24, 2.45) is 17.4 Å². The minimum Gasteiger partial charge on any atom is -0.508 e. The van der Waals surface area contributed by atoms with Crippen molar-refractivity contribution in [2.75, 3.05) is 13.1 Å². The molecule has 2 rings (SSSR count). The predicted octanol–water partition coefficient (Wildman–Crippen LogP) is -3.90.